The van der Waals surface area contributed by atoms with E-state index in [1.54, 1.807) is 6.20 Å². The third-order valence-electron chi connectivity index (χ3n) is 5.16. The Morgan fingerprint density at radius 2 is 2.09 bits per heavy atom. The molecule has 0 spiro atoms. The molecule has 0 saturated carbocycles. The smallest absolute Gasteiger partial charge is 0.404 e. The summed E-state index contributed by atoms with van der Waals surface area (Å²) < 4.78 is 48.4. The number of anilines is 1. The average Bonchev–Trinajstić information content (AvgIpc) is 2.76. The number of hydrogen-bond acceptors (Lipinski definition) is 6. The van der Waals surface area contributed by atoms with Crippen molar-refractivity contribution >= 4 is 23.3 Å². The Kier molecular flexibility index (Phi) is 7.91. The summed E-state index contributed by atoms with van der Waals surface area (Å²) in [5.41, 5.74) is 4.93. The first-order valence-corrected chi connectivity index (χ1v) is 10.8. The Morgan fingerprint density at radius 1 is 1.36 bits per heavy atom. The van der Waals surface area contributed by atoms with Crippen LogP contribution in [-0.4, -0.2) is 35.0 Å². The van der Waals surface area contributed by atoms with Gasteiger partial charge in [-0.2, -0.15) is 13.2 Å². The highest BCUT2D eigenvalue weighted by Gasteiger charge is 2.35. The van der Waals surface area contributed by atoms with Crippen molar-refractivity contribution in [3.63, 3.8) is 0 Å². The number of nitrogens with two attached hydrogens (primary N) is 1. The summed E-state index contributed by atoms with van der Waals surface area (Å²) in [6.07, 6.45) is 1.81. The average molecular weight is 464 g/mol. The summed E-state index contributed by atoms with van der Waals surface area (Å²) in [6, 6.07) is 3.88. The standard InChI is InChI=1S/C23H28F3N5O2/c1-15(2)13-31-14-18(3-4-22(31)32)28-11-16(10-27)19-12-29-21(9-20(19)23(24,25)26)30-17-5-7-33-8-6-17/h3-4,9-12,14-15,17H,5-8,13,27H2,1-2H3,(H,29,30). The van der Waals surface area contributed by atoms with Gasteiger partial charge in [0.25, 0.3) is 5.56 Å². The molecule has 33 heavy (non-hydrogen) atoms. The molecule has 2 aromatic rings. The van der Waals surface area contributed by atoms with Crippen LogP contribution in [0.2, 0.25) is 0 Å². The van der Waals surface area contributed by atoms with Crippen LogP contribution in [-0.2, 0) is 17.5 Å². The summed E-state index contributed by atoms with van der Waals surface area (Å²) >= 11 is 0. The number of halogens is 3. The molecule has 10 heteroatoms. The Labute approximate surface area is 190 Å². The zero-order valence-corrected chi connectivity index (χ0v) is 18.6. The Morgan fingerprint density at radius 3 is 2.73 bits per heavy atom. The molecule has 0 aromatic carbocycles. The summed E-state index contributed by atoms with van der Waals surface area (Å²) in [5.74, 6) is 0.391. The SMILES string of the molecule is CC(C)Cn1cc(N=CC(=CN)c2cnc(NC3CCOCC3)cc2C(F)(F)F)ccc1=O. The van der Waals surface area contributed by atoms with E-state index in [1.165, 1.54) is 22.9 Å². The fraction of sp³-hybridized carbons (Fsp3) is 0.435. The lowest BCUT2D eigenvalue weighted by Gasteiger charge is -2.24. The van der Waals surface area contributed by atoms with Gasteiger partial charge in [-0.1, -0.05) is 13.8 Å². The topological polar surface area (TPSA) is 94.5 Å². The van der Waals surface area contributed by atoms with Crippen LogP contribution in [0.3, 0.4) is 0 Å². The molecule has 0 atom stereocenters. The minimum Gasteiger partial charge on any atom is -0.404 e. The van der Waals surface area contributed by atoms with Gasteiger partial charge in [0, 0.05) is 67.8 Å². The lowest BCUT2D eigenvalue weighted by molar-refractivity contribution is -0.137. The highest BCUT2D eigenvalue weighted by Crippen LogP contribution is 2.36. The van der Waals surface area contributed by atoms with Gasteiger partial charge in [0.05, 0.1) is 11.3 Å². The lowest BCUT2D eigenvalue weighted by Crippen LogP contribution is -2.28. The molecule has 0 unspecified atom stereocenters. The quantitative estimate of drug-likeness (QED) is 0.600. The van der Waals surface area contributed by atoms with Gasteiger partial charge >= 0.3 is 6.18 Å². The number of allylic oxidation sites excluding steroid dienone is 1. The summed E-state index contributed by atoms with van der Waals surface area (Å²) in [4.78, 5) is 20.4. The summed E-state index contributed by atoms with van der Waals surface area (Å²) in [6.45, 7) is 5.57. The third-order valence-corrected chi connectivity index (χ3v) is 5.16. The molecule has 7 nitrogen and oxygen atoms in total. The molecule has 0 aliphatic carbocycles. The van der Waals surface area contributed by atoms with E-state index in [0.717, 1.165) is 18.5 Å². The number of nitrogens with one attached hydrogen (secondary N) is 1. The molecule has 0 radical (unpaired) electrons. The molecule has 2 aromatic heterocycles. The van der Waals surface area contributed by atoms with E-state index in [-0.39, 0.29) is 34.5 Å². The lowest BCUT2D eigenvalue weighted by atomic mass is 10.0. The van der Waals surface area contributed by atoms with Crippen LogP contribution in [0.5, 0.6) is 0 Å². The van der Waals surface area contributed by atoms with Gasteiger partial charge in [0.15, 0.2) is 0 Å². The minimum absolute atomic E-state index is 0.00536. The van der Waals surface area contributed by atoms with Gasteiger partial charge in [0.2, 0.25) is 0 Å². The number of hydrogen-bond donors (Lipinski definition) is 2. The van der Waals surface area contributed by atoms with Crippen LogP contribution >= 0.6 is 0 Å². The monoisotopic (exact) mass is 463 g/mol. The number of alkyl halides is 3. The van der Waals surface area contributed by atoms with E-state index in [0.29, 0.717) is 38.3 Å². The Bertz CT molecular complexity index is 1070. The fourth-order valence-electron chi connectivity index (χ4n) is 3.53. The third kappa shape index (κ3) is 6.67. The highest BCUT2D eigenvalue weighted by atomic mass is 19.4. The van der Waals surface area contributed by atoms with Crippen LogP contribution in [0, 0.1) is 5.92 Å². The Hall–Kier alpha value is -3.14. The second-order valence-corrected chi connectivity index (χ2v) is 8.30. The van der Waals surface area contributed by atoms with E-state index < -0.39 is 11.7 Å². The maximum atomic E-state index is 13.9. The largest absolute Gasteiger partial charge is 0.417 e. The van der Waals surface area contributed by atoms with Crippen LogP contribution in [0.15, 0.2) is 46.6 Å². The maximum absolute atomic E-state index is 13.9. The number of nitrogens with zero attached hydrogens (tertiary/aromatic N) is 3. The number of aliphatic imine (C=N–C) groups is 1. The second-order valence-electron chi connectivity index (χ2n) is 8.30. The Balaban J connectivity index is 1.89. The van der Waals surface area contributed by atoms with Crippen molar-refractivity contribution in [3.05, 3.63) is 58.3 Å². The van der Waals surface area contributed by atoms with E-state index in [9.17, 15) is 18.0 Å². The van der Waals surface area contributed by atoms with Crippen LogP contribution < -0.4 is 16.6 Å². The van der Waals surface area contributed by atoms with Crippen LogP contribution in [0.4, 0.5) is 24.7 Å². The van der Waals surface area contributed by atoms with Gasteiger partial charge in [-0.05, 0) is 30.9 Å². The molecule has 1 aliphatic rings. The number of aromatic nitrogens is 2. The van der Waals surface area contributed by atoms with Crippen LogP contribution in [0.25, 0.3) is 5.57 Å². The van der Waals surface area contributed by atoms with Crippen molar-refractivity contribution < 1.29 is 17.9 Å². The summed E-state index contributed by atoms with van der Waals surface area (Å²) in [7, 11) is 0. The van der Waals surface area contributed by atoms with Gasteiger partial charge < -0.3 is 20.4 Å². The van der Waals surface area contributed by atoms with Crippen molar-refractivity contribution in [2.24, 2.45) is 16.6 Å². The van der Waals surface area contributed by atoms with Crippen molar-refractivity contribution in [3.8, 4) is 0 Å². The normalized spacial score (nSPS) is 16.0. The molecule has 3 heterocycles. The highest BCUT2D eigenvalue weighted by molar-refractivity contribution is 6.11. The molecule has 178 valence electrons. The molecule has 1 fully saturated rings. The first kappa shape index (κ1) is 24.5. The van der Waals surface area contributed by atoms with E-state index in [1.807, 2.05) is 13.8 Å². The van der Waals surface area contributed by atoms with Gasteiger partial charge in [-0.15, -0.1) is 0 Å². The molecule has 0 bridgehead atoms. The molecule has 3 rings (SSSR count). The van der Waals surface area contributed by atoms with E-state index in [2.05, 4.69) is 15.3 Å². The molecule has 0 amide bonds. The van der Waals surface area contributed by atoms with Gasteiger partial charge in [-0.25, -0.2) is 4.98 Å². The maximum Gasteiger partial charge on any atom is 0.417 e. The minimum atomic E-state index is -4.61. The number of rotatable bonds is 7. The van der Waals surface area contributed by atoms with E-state index in [4.69, 9.17) is 10.5 Å². The first-order valence-electron chi connectivity index (χ1n) is 10.8. The fourth-order valence-corrected chi connectivity index (χ4v) is 3.53. The predicted octanol–water partition coefficient (Wildman–Crippen LogP) is 4.21. The second kappa shape index (κ2) is 10.7. The van der Waals surface area contributed by atoms with Crippen molar-refractivity contribution in [1.29, 1.82) is 0 Å². The van der Waals surface area contributed by atoms with Gasteiger partial charge in [-0.3, -0.25) is 9.79 Å². The van der Waals surface area contributed by atoms with Crippen molar-refractivity contribution in [1.82, 2.24) is 9.55 Å². The first-order chi connectivity index (χ1) is 15.7. The van der Waals surface area contributed by atoms with Crippen molar-refractivity contribution in [2.75, 3.05) is 18.5 Å². The van der Waals surface area contributed by atoms with Crippen LogP contribution in [0.1, 0.15) is 37.8 Å². The number of ether oxygens (including phenoxy) is 1. The zero-order chi connectivity index (χ0) is 24.0. The molecule has 3 N–H and O–H groups in total. The van der Waals surface area contributed by atoms with Crippen molar-refractivity contribution in [2.45, 2.75) is 45.5 Å². The predicted molar refractivity (Wildman–Crippen MR) is 123 cm³/mol. The molecular formula is C23H28F3N5O2. The molecule has 1 aliphatic heterocycles. The van der Waals surface area contributed by atoms with Gasteiger partial charge in [0.1, 0.15) is 5.82 Å². The summed E-state index contributed by atoms with van der Waals surface area (Å²) in [5, 5.41) is 3.05. The molecule has 1 saturated heterocycles. The van der Waals surface area contributed by atoms with E-state index >= 15 is 0 Å². The molecular weight excluding hydrogens is 435 g/mol. The zero-order valence-electron chi connectivity index (χ0n) is 18.6. The number of pyridine rings is 2.